The molecule has 106 valence electrons. The molecule has 0 radical (unpaired) electrons. The molecule has 0 saturated carbocycles. The van der Waals surface area contributed by atoms with Crippen LogP contribution in [0.5, 0.6) is 0 Å². The van der Waals surface area contributed by atoms with Crippen molar-refractivity contribution in [2.75, 3.05) is 0 Å². The zero-order chi connectivity index (χ0) is 14.8. The largest absolute Gasteiger partial charge is 0.351 e. The minimum Gasteiger partial charge on any atom is -0.351 e. The van der Waals surface area contributed by atoms with E-state index in [1.165, 1.54) is 4.90 Å². The normalized spacial score (nSPS) is 17.0. The summed E-state index contributed by atoms with van der Waals surface area (Å²) in [6.07, 6.45) is 3.66. The summed E-state index contributed by atoms with van der Waals surface area (Å²) in [6.45, 7) is 0.315. The third kappa shape index (κ3) is 2.78. The lowest BCUT2D eigenvalue weighted by Gasteiger charge is -2.12. The van der Waals surface area contributed by atoms with Gasteiger partial charge in [0.25, 0.3) is 11.1 Å². The Labute approximate surface area is 127 Å². The Morgan fingerprint density at radius 3 is 2.52 bits per heavy atom. The van der Waals surface area contributed by atoms with Gasteiger partial charge in [0, 0.05) is 18.9 Å². The Bertz CT molecular complexity index is 719. The summed E-state index contributed by atoms with van der Waals surface area (Å²) in [6, 6.07) is 13.3. The minimum atomic E-state index is -0.227. The number of hydrogen-bond acceptors (Lipinski definition) is 3. The van der Waals surface area contributed by atoms with Crippen molar-refractivity contribution >= 4 is 29.0 Å². The molecule has 0 unspecified atom stereocenters. The van der Waals surface area contributed by atoms with Gasteiger partial charge in [-0.25, -0.2) is 0 Å². The van der Waals surface area contributed by atoms with Crippen molar-refractivity contribution < 1.29 is 9.59 Å². The fourth-order valence-electron chi connectivity index (χ4n) is 2.16. The SMILES string of the molecule is Cn1cccc1/C=C1\SC(=O)N(Cc2ccccc2)C1=O. The van der Waals surface area contributed by atoms with Gasteiger partial charge in [0.2, 0.25) is 0 Å². The molecule has 21 heavy (non-hydrogen) atoms. The molecule has 2 aromatic rings. The molecule has 1 aromatic carbocycles. The number of carbonyl (C=O) groups excluding carboxylic acids is 2. The molecule has 2 amide bonds. The molecule has 0 spiro atoms. The zero-order valence-electron chi connectivity index (χ0n) is 11.5. The van der Waals surface area contributed by atoms with Gasteiger partial charge >= 0.3 is 0 Å². The van der Waals surface area contributed by atoms with Crippen molar-refractivity contribution in [3.8, 4) is 0 Å². The maximum Gasteiger partial charge on any atom is 0.293 e. The summed E-state index contributed by atoms with van der Waals surface area (Å²) in [5.74, 6) is -0.227. The quantitative estimate of drug-likeness (QED) is 0.817. The summed E-state index contributed by atoms with van der Waals surface area (Å²) < 4.78 is 1.91. The molecule has 0 atom stereocenters. The van der Waals surface area contributed by atoms with E-state index in [-0.39, 0.29) is 11.1 Å². The Morgan fingerprint density at radius 1 is 1.10 bits per heavy atom. The maximum absolute atomic E-state index is 12.4. The van der Waals surface area contributed by atoms with E-state index in [0.717, 1.165) is 23.0 Å². The number of aryl methyl sites for hydroxylation is 1. The van der Waals surface area contributed by atoms with Crippen LogP contribution in [-0.4, -0.2) is 20.6 Å². The van der Waals surface area contributed by atoms with Gasteiger partial charge in [-0.15, -0.1) is 0 Å². The number of aromatic nitrogens is 1. The maximum atomic E-state index is 12.4. The van der Waals surface area contributed by atoms with Gasteiger partial charge in [-0.2, -0.15) is 0 Å². The van der Waals surface area contributed by atoms with Crippen LogP contribution in [0.3, 0.4) is 0 Å². The van der Waals surface area contributed by atoms with Crippen LogP contribution in [0.25, 0.3) is 6.08 Å². The first-order chi connectivity index (χ1) is 10.1. The summed E-state index contributed by atoms with van der Waals surface area (Å²) in [5, 5.41) is -0.218. The van der Waals surface area contributed by atoms with Crippen LogP contribution in [-0.2, 0) is 18.4 Å². The monoisotopic (exact) mass is 298 g/mol. The second kappa shape index (κ2) is 5.61. The summed E-state index contributed by atoms with van der Waals surface area (Å²) in [5.41, 5.74) is 1.85. The first-order valence-corrected chi connectivity index (χ1v) is 7.37. The lowest BCUT2D eigenvalue weighted by atomic mass is 10.2. The highest BCUT2D eigenvalue weighted by Crippen LogP contribution is 2.33. The van der Waals surface area contributed by atoms with Gasteiger partial charge in [0.15, 0.2) is 0 Å². The lowest BCUT2D eigenvalue weighted by Crippen LogP contribution is -2.27. The van der Waals surface area contributed by atoms with Crippen LogP contribution in [0.2, 0.25) is 0 Å². The molecule has 0 bridgehead atoms. The summed E-state index contributed by atoms with van der Waals surface area (Å²) in [7, 11) is 1.90. The van der Waals surface area contributed by atoms with Gasteiger partial charge in [-0.3, -0.25) is 14.5 Å². The average Bonchev–Trinajstić information content (AvgIpc) is 2.99. The number of imide groups is 1. The van der Waals surface area contributed by atoms with E-state index in [1.807, 2.05) is 60.3 Å². The minimum absolute atomic E-state index is 0.218. The zero-order valence-corrected chi connectivity index (χ0v) is 12.3. The Morgan fingerprint density at radius 2 is 1.86 bits per heavy atom. The van der Waals surface area contributed by atoms with Crippen LogP contribution in [0.15, 0.2) is 53.6 Å². The van der Waals surface area contributed by atoms with E-state index in [9.17, 15) is 9.59 Å². The second-order valence-electron chi connectivity index (χ2n) is 4.80. The molecular weight excluding hydrogens is 284 g/mol. The number of carbonyl (C=O) groups is 2. The molecule has 4 nitrogen and oxygen atoms in total. The number of rotatable bonds is 3. The predicted molar refractivity (Wildman–Crippen MR) is 83.4 cm³/mol. The first-order valence-electron chi connectivity index (χ1n) is 6.56. The van der Waals surface area contributed by atoms with E-state index in [4.69, 9.17) is 0 Å². The van der Waals surface area contributed by atoms with Crippen molar-refractivity contribution in [1.29, 1.82) is 0 Å². The Hall–Kier alpha value is -2.27. The summed E-state index contributed by atoms with van der Waals surface area (Å²) >= 11 is 0.993. The van der Waals surface area contributed by atoms with Crippen LogP contribution in [0, 0.1) is 0 Å². The van der Waals surface area contributed by atoms with Crippen LogP contribution >= 0.6 is 11.8 Å². The fourth-order valence-corrected chi connectivity index (χ4v) is 2.98. The fraction of sp³-hybridized carbons (Fsp3) is 0.125. The van der Waals surface area contributed by atoms with E-state index in [2.05, 4.69) is 0 Å². The molecule has 1 saturated heterocycles. The van der Waals surface area contributed by atoms with Gasteiger partial charge in [-0.1, -0.05) is 30.3 Å². The molecule has 0 N–H and O–H groups in total. The standard InChI is InChI=1S/C16H14N2O2S/c1-17-9-5-8-13(17)10-14-15(19)18(16(20)21-14)11-12-6-3-2-4-7-12/h2-10H,11H2,1H3/b14-10-. The predicted octanol–water partition coefficient (Wildman–Crippen LogP) is 3.26. The highest BCUT2D eigenvalue weighted by atomic mass is 32.2. The number of benzene rings is 1. The third-order valence-corrected chi connectivity index (χ3v) is 4.23. The van der Waals surface area contributed by atoms with E-state index < -0.39 is 0 Å². The van der Waals surface area contributed by atoms with Crippen molar-refractivity contribution in [3.63, 3.8) is 0 Å². The Kier molecular flexibility index (Phi) is 3.66. The van der Waals surface area contributed by atoms with Gasteiger partial charge in [0.05, 0.1) is 11.4 Å². The van der Waals surface area contributed by atoms with Crippen molar-refractivity contribution in [1.82, 2.24) is 9.47 Å². The van der Waals surface area contributed by atoms with Gasteiger partial charge < -0.3 is 4.57 Å². The van der Waals surface area contributed by atoms with Crippen LogP contribution in [0.1, 0.15) is 11.3 Å². The average molecular weight is 298 g/mol. The molecule has 2 heterocycles. The highest BCUT2D eigenvalue weighted by molar-refractivity contribution is 8.18. The molecule has 3 rings (SSSR count). The van der Waals surface area contributed by atoms with Crippen LogP contribution in [0.4, 0.5) is 4.79 Å². The van der Waals surface area contributed by atoms with Crippen molar-refractivity contribution in [2.45, 2.75) is 6.54 Å². The number of hydrogen-bond donors (Lipinski definition) is 0. The second-order valence-corrected chi connectivity index (χ2v) is 5.79. The molecular formula is C16H14N2O2S. The Balaban J connectivity index is 1.83. The molecule has 1 aliphatic heterocycles. The van der Waals surface area contributed by atoms with Crippen LogP contribution < -0.4 is 0 Å². The van der Waals surface area contributed by atoms with E-state index in [0.29, 0.717) is 11.4 Å². The van der Waals surface area contributed by atoms with Crippen molar-refractivity contribution in [2.24, 2.45) is 7.05 Å². The molecule has 5 heteroatoms. The van der Waals surface area contributed by atoms with E-state index >= 15 is 0 Å². The lowest BCUT2D eigenvalue weighted by molar-refractivity contribution is -0.123. The molecule has 0 aliphatic carbocycles. The third-order valence-electron chi connectivity index (χ3n) is 3.32. The first kappa shape index (κ1) is 13.7. The van der Waals surface area contributed by atoms with Gasteiger partial charge in [-0.05, 0) is 35.5 Å². The molecule has 1 aromatic heterocycles. The number of nitrogens with zero attached hydrogens (tertiary/aromatic N) is 2. The number of thioether (sulfide) groups is 1. The van der Waals surface area contributed by atoms with E-state index in [1.54, 1.807) is 6.08 Å². The smallest absolute Gasteiger partial charge is 0.293 e. The van der Waals surface area contributed by atoms with Gasteiger partial charge in [0.1, 0.15) is 0 Å². The topological polar surface area (TPSA) is 42.3 Å². The molecule has 1 fully saturated rings. The van der Waals surface area contributed by atoms with Crippen molar-refractivity contribution in [3.05, 3.63) is 64.8 Å². The summed E-state index contributed by atoms with van der Waals surface area (Å²) in [4.78, 5) is 26.2. The molecule has 1 aliphatic rings. The number of amides is 2. The highest BCUT2D eigenvalue weighted by Gasteiger charge is 2.35.